The number of amides is 2. The molecule has 2 amide bonds. The molecule has 0 unspecified atom stereocenters. The van der Waals surface area contributed by atoms with Gasteiger partial charge in [0, 0.05) is 16.7 Å². The van der Waals surface area contributed by atoms with E-state index in [1.165, 1.54) is 19.3 Å². The minimum absolute atomic E-state index is 0.0383. The number of carbonyl (C=O) groups excluding carboxylic acids is 2. The van der Waals surface area contributed by atoms with Crippen molar-refractivity contribution >= 4 is 33.4 Å². The number of carbonyl (C=O) groups is 2. The number of hydrogen-bond acceptors (Lipinski definition) is 2. The molecule has 6 rings (SSSR count). The van der Waals surface area contributed by atoms with E-state index >= 15 is 0 Å². The zero-order chi connectivity index (χ0) is 18.6. The molecule has 1 aromatic rings. The lowest BCUT2D eigenvalue weighted by molar-refractivity contribution is -0.160. The second-order valence-corrected chi connectivity index (χ2v) is 10.3. The molecule has 5 fully saturated rings. The largest absolute Gasteiger partial charge is 0.330 e. The molecular weight excluding hydrogens is 404 g/mol. The second-order valence-electron chi connectivity index (χ2n) is 9.35. The second kappa shape index (κ2) is 6.61. The first-order chi connectivity index (χ1) is 13.0. The highest BCUT2D eigenvalue weighted by Gasteiger charge is 2.56. The van der Waals surface area contributed by atoms with Gasteiger partial charge in [-0.05, 0) is 87.3 Å². The molecule has 1 atom stereocenters. The number of benzene rings is 1. The van der Waals surface area contributed by atoms with Crippen LogP contribution in [0.2, 0.25) is 0 Å². The molecule has 1 saturated heterocycles. The van der Waals surface area contributed by atoms with E-state index in [0.717, 1.165) is 66.6 Å². The summed E-state index contributed by atoms with van der Waals surface area (Å²) in [5, 5.41) is 3.02. The third kappa shape index (κ3) is 3.12. The Kier molecular flexibility index (Phi) is 4.34. The van der Waals surface area contributed by atoms with Gasteiger partial charge in [-0.25, -0.2) is 0 Å². The third-order valence-corrected chi connectivity index (χ3v) is 7.89. The lowest BCUT2D eigenvalue weighted by Gasteiger charge is -2.56. The molecule has 0 radical (unpaired) electrons. The molecule has 144 valence electrons. The Balaban J connectivity index is 1.33. The van der Waals surface area contributed by atoms with Gasteiger partial charge in [-0.1, -0.05) is 22.0 Å². The van der Waals surface area contributed by atoms with Crippen molar-refractivity contribution in [2.75, 3.05) is 11.9 Å². The van der Waals surface area contributed by atoms with Crippen LogP contribution in [0.5, 0.6) is 0 Å². The van der Waals surface area contributed by atoms with Gasteiger partial charge in [0.25, 0.3) is 0 Å². The van der Waals surface area contributed by atoms with Crippen LogP contribution in [0.3, 0.4) is 0 Å². The Hall–Kier alpha value is -1.36. The Bertz CT molecular complexity index is 742. The van der Waals surface area contributed by atoms with E-state index in [0.29, 0.717) is 0 Å². The predicted molar refractivity (Wildman–Crippen MR) is 108 cm³/mol. The minimum Gasteiger partial charge on any atom is -0.330 e. The highest BCUT2D eigenvalue weighted by molar-refractivity contribution is 9.10. The normalized spacial score (nSPS) is 36.9. The van der Waals surface area contributed by atoms with E-state index in [1.807, 2.05) is 29.2 Å². The minimum atomic E-state index is -0.315. The fraction of sp³-hybridized carbons (Fsp3) is 0.636. The van der Waals surface area contributed by atoms with E-state index in [9.17, 15) is 9.59 Å². The van der Waals surface area contributed by atoms with Crippen LogP contribution >= 0.6 is 15.9 Å². The fourth-order valence-corrected chi connectivity index (χ4v) is 7.15. The highest BCUT2D eigenvalue weighted by atomic mass is 79.9. The molecule has 5 aliphatic rings. The van der Waals surface area contributed by atoms with Crippen molar-refractivity contribution in [1.82, 2.24) is 4.90 Å². The van der Waals surface area contributed by atoms with Gasteiger partial charge in [0.15, 0.2) is 0 Å². The zero-order valence-electron chi connectivity index (χ0n) is 15.6. The summed E-state index contributed by atoms with van der Waals surface area (Å²) in [7, 11) is 0. The number of hydrogen-bond donors (Lipinski definition) is 1. The molecule has 0 spiro atoms. The van der Waals surface area contributed by atoms with Crippen molar-refractivity contribution in [2.45, 2.75) is 57.4 Å². The number of nitrogens with zero attached hydrogens (tertiary/aromatic N) is 1. The van der Waals surface area contributed by atoms with Crippen LogP contribution in [0.4, 0.5) is 5.69 Å². The SMILES string of the molecule is O=C(Nc1cccc(Br)c1)[C@H]1CCCN1C(=O)C12CC3CC(CC(C3)C1)C2. The molecule has 1 N–H and O–H groups in total. The van der Waals surface area contributed by atoms with Crippen molar-refractivity contribution in [1.29, 1.82) is 0 Å². The van der Waals surface area contributed by atoms with Crippen molar-refractivity contribution < 1.29 is 9.59 Å². The van der Waals surface area contributed by atoms with Crippen molar-refractivity contribution in [3.63, 3.8) is 0 Å². The first-order valence-electron chi connectivity index (χ1n) is 10.4. The Morgan fingerprint density at radius 3 is 2.37 bits per heavy atom. The van der Waals surface area contributed by atoms with Crippen LogP contribution in [0, 0.1) is 23.2 Å². The van der Waals surface area contributed by atoms with Crippen LogP contribution in [-0.4, -0.2) is 29.3 Å². The maximum absolute atomic E-state index is 13.7. The molecule has 4 nitrogen and oxygen atoms in total. The van der Waals surface area contributed by atoms with Gasteiger partial charge in [-0.15, -0.1) is 0 Å². The molecule has 1 heterocycles. The van der Waals surface area contributed by atoms with Gasteiger partial charge in [0.2, 0.25) is 11.8 Å². The number of likely N-dealkylation sites (tertiary alicyclic amines) is 1. The summed E-state index contributed by atoms with van der Waals surface area (Å²) >= 11 is 3.45. The molecule has 27 heavy (non-hydrogen) atoms. The van der Waals surface area contributed by atoms with Crippen LogP contribution in [0.15, 0.2) is 28.7 Å². The molecule has 4 saturated carbocycles. The van der Waals surface area contributed by atoms with E-state index < -0.39 is 0 Å². The molecule has 4 aliphatic carbocycles. The Labute approximate surface area is 169 Å². The monoisotopic (exact) mass is 430 g/mol. The molecule has 1 aliphatic heterocycles. The van der Waals surface area contributed by atoms with Gasteiger partial charge in [0.05, 0.1) is 5.41 Å². The number of nitrogens with one attached hydrogen (secondary N) is 1. The lowest BCUT2D eigenvalue weighted by Crippen LogP contribution is -2.56. The molecule has 5 heteroatoms. The summed E-state index contributed by atoms with van der Waals surface area (Å²) < 4.78 is 0.938. The average Bonchev–Trinajstić information content (AvgIpc) is 3.09. The predicted octanol–water partition coefficient (Wildman–Crippen LogP) is 4.60. The summed E-state index contributed by atoms with van der Waals surface area (Å²) in [6.45, 7) is 0.733. The molecular formula is C22H27BrN2O2. The number of anilines is 1. The first kappa shape index (κ1) is 17.7. The van der Waals surface area contributed by atoms with Crippen molar-refractivity contribution in [3.8, 4) is 0 Å². The van der Waals surface area contributed by atoms with Crippen LogP contribution < -0.4 is 5.32 Å². The lowest BCUT2D eigenvalue weighted by atomic mass is 9.49. The van der Waals surface area contributed by atoms with Crippen LogP contribution in [0.1, 0.15) is 51.4 Å². The van der Waals surface area contributed by atoms with Gasteiger partial charge < -0.3 is 10.2 Å². The quantitative estimate of drug-likeness (QED) is 0.761. The summed E-state index contributed by atoms with van der Waals surface area (Å²) in [4.78, 5) is 28.5. The summed E-state index contributed by atoms with van der Waals surface area (Å²) in [5.41, 5.74) is 0.622. The van der Waals surface area contributed by atoms with Gasteiger partial charge in [-0.2, -0.15) is 0 Å². The number of rotatable bonds is 3. The van der Waals surface area contributed by atoms with E-state index in [1.54, 1.807) is 0 Å². The molecule has 4 bridgehead atoms. The van der Waals surface area contributed by atoms with Crippen molar-refractivity contribution in [3.05, 3.63) is 28.7 Å². The summed E-state index contributed by atoms with van der Waals surface area (Å²) in [6, 6.07) is 7.33. The average molecular weight is 431 g/mol. The van der Waals surface area contributed by atoms with E-state index in [2.05, 4.69) is 21.2 Å². The van der Waals surface area contributed by atoms with Crippen LogP contribution in [-0.2, 0) is 9.59 Å². The first-order valence-corrected chi connectivity index (χ1v) is 11.2. The Morgan fingerprint density at radius 1 is 1.07 bits per heavy atom. The Morgan fingerprint density at radius 2 is 1.74 bits per heavy atom. The number of halogens is 1. The van der Waals surface area contributed by atoms with Gasteiger partial charge in [0.1, 0.15) is 6.04 Å². The van der Waals surface area contributed by atoms with E-state index in [4.69, 9.17) is 0 Å². The standard InChI is InChI=1S/C22H27BrN2O2/c23-17-3-1-4-18(10-17)24-20(26)19-5-2-6-25(19)21(27)22-11-14-7-15(12-22)9-16(8-14)13-22/h1,3-4,10,14-16,19H,2,5-9,11-13H2,(H,24,26)/t14?,15?,16?,19-,22?/m1/s1. The van der Waals surface area contributed by atoms with Gasteiger partial charge >= 0.3 is 0 Å². The topological polar surface area (TPSA) is 49.4 Å². The summed E-state index contributed by atoms with van der Waals surface area (Å²) in [5.74, 6) is 2.49. The highest BCUT2D eigenvalue weighted by Crippen LogP contribution is 2.60. The zero-order valence-corrected chi connectivity index (χ0v) is 17.2. The fourth-order valence-electron chi connectivity index (χ4n) is 6.75. The van der Waals surface area contributed by atoms with Crippen LogP contribution in [0.25, 0.3) is 0 Å². The van der Waals surface area contributed by atoms with Gasteiger partial charge in [-0.3, -0.25) is 9.59 Å². The maximum atomic E-state index is 13.7. The molecule has 0 aromatic heterocycles. The molecule has 1 aromatic carbocycles. The van der Waals surface area contributed by atoms with Crippen molar-refractivity contribution in [2.24, 2.45) is 23.2 Å². The maximum Gasteiger partial charge on any atom is 0.247 e. The summed E-state index contributed by atoms with van der Waals surface area (Å²) in [6.07, 6.45) is 8.89. The smallest absolute Gasteiger partial charge is 0.247 e. The van der Waals surface area contributed by atoms with E-state index in [-0.39, 0.29) is 23.3 Å². The third-order valence-electron chi connectivity index (χ3n) is 7.40.